The van der Waals surface area contributed by atoms with Gasteiger partial charge >= 0.3 is 6.03 Å². The van der Waals surface area contributed by atoms with Crippen LogP contribution in [0, 0.1) is 5.82 Å². The summed E-state index contributed by atoms with van der Waals surface area (Å²) in [7, 11) is 0. The minimum absolute atomic E-state index is 0.0620. The molecule has 3 rings (SSSR count). The van der Waals surface area contributed by atoms with Gasteiger partial charge in [0, 0.05) is 18.8 Å². The van der Waals surface area contributed by atoms with Crippen molar-refractivity contribution in [2.24, 2.45) is 5.73 Å². The molecule has 1 aliphatic heterocycles. The van der Waals surface area contributed by atoms with E-state index in [-0.39, 0.29) is 12.4 Å². The number of halogens is 1. The van der Waals surface area contributed by atoms with Crippen molar-refractivity contribution in [1.29, 1.82) is 0 Å². The molecule has 2 aromatic carbocycles. The molecule has 23 heavy (non-hydrogen) atoms. The third kappa shape index (κ3) is 3.43. The van der Waals surface area contributed by atoms with Crippen LogP contribution in [0.15, 0.2) is 42.5 Å². The fourth-order valence-corrected chi connectivity index (χ4v) is 2.89. The molecular formula is C17H18FN3O2. The predicted molar refractivity (Wildman–Crippen MR) is 84.5 cm³/mol. The Bertz CT molecular complexity index is 736. The van der Waals surface area contributed by atoms with Gasteiger partial charge in [0.25, 0.3) is 0 Å². The summed E-state index contributed by atoms with van der Waals surface area (Å²) in [6, 6.07) is 11.5. The van der Waals surface area contributed by atoms with Crippen molar-refractivity contribution in [3.63, 3.8) is 0 Å². The molecule has 0 spiro atoms. The monoisotopic (exact) mass is 315 g/mol. The summed E-state index contributed by atoms with van der Waals surface area (Å²) in [5, 5.41) is 9.90. The van der Waals surface area contributed by atoms with Crippen LogP contribution in [0.2, 0.25) is 0 Å². The van der Waals surface area contributed by atoms with Gasteiger partial charge in [0.2, 0.25) is 0 Å². The largest absolute Gasteiger partial charge is 0.367 e. The lowest BCUT2D eigenvalue weighted by atomic mass is 10.1. The highest BCUT2D eigenvalue weighted by molar-refractivity contribution is 5.70. The van der Waals surface area contributed by atoms with Gasteiger partial charge in [0.1, 0.15) is 5.82 Å². The van der Waals surface area contributed by atoms with E-state index in [9.17, 15) is 14.4 Å². The lowest BCUT2D eigenvalue weighted by Gasteiger charge is -2.20. The molecule has 2 aromatic rings. The van der Waals surface area contributed by atoms with E-state index in [0.717, 1.165) is 35.3 Å². The topological polar surface area (TPSA) is 69.8 Å². The zero-order valence-electron chi connectivity index (χ0n) is 12.6. The average Bonchev–Trinajstić information content (AvgIpc) is 2.89. The molecule has 0 fully saturated rings. The normalized spacial score (nSPS) is 13.0. The lowest BCUT2D eigenvalue weighted by molar-refractivity contribution is -0.0470. The molecule has 6 heteroatoms. The number of anilines is 1. The second-order valence-corrected chi connectivity index (χ2v) is 5.66. The first-order chi connectivity index (χ1) is 11.0. The molecule has 120 valence electrons. The van der Waals surface area contributed by atoms with Crippen molar-refractivity contribution >= 4 is 11.7 Å². The molecule has 1 heterocycles. The maximum atomic E-state index is 13.3. The van der Waals surface area contributed by atoms with Gasteiger partial charge in [-0.3, -0.25) is 5.21 Å². The highest BCUT2D eigenvalue weighted by Crippen LogP contribution is 2.30. The second-order valence-electron chi connectivity index (χ2n) is 5.66. The third-order valence-electron chi connectivity index (χ3n) is 3.98. The predicted octanol–water partition coefficient (Wildman–Crippen LogP) is 2.66. The fourth-order valence-electron chi connectivity index (χ4n) is 2.89. The molecule has 5 nitrogen and oxygen atoms in total. The molecule has 0 unspecified atom stereocenters. The molecule has 0 bridgehead atoms. The number of fused-ring (bicyclic) bond motifs is 1. The third-order valence-corrected chi connectivity index (χ3v) is 3.98. The summed E-state index contributed by atoms with van der Waals surface area (Å²) >= 11 is 0. The van der Waals surface area contributed by atoms with Crippen LogP contribution in [0.25, 0.3) is 0 Å². The molecule has 0 aromatic heterocycles. The van der Waals surface area contributed by atoms with E-state index in [0.29, 0.717) is 11.6 Å². The summed E-state index contributed by atoms with van der Waals surface area (Å²) < 4.78 is 13.3. The number of urea groups is 1. The lowest BCUT2D eigenvalue weighted by Crippen LogP contribution is -2.32. The van der Waals surface area contributed by atoms with Crippen LogP contribution in [0.1, 0.15) is 16.7 Å². The van der Waals surface area contributed by atoms with Gasteiger partial charge in [0.15, 0.2) is 0 Å². The van der Waals surface area contributed by atoms with Crippen LogP contribution in [0.5, 0.6) is 0 Å². The van der Waals surface area contributed by atoms with Gasteiger partial charge in [-0.1, -0.05) is 24.3 Å². The number of carbonyl (C=O) groups excluding carboxylic acids is 1. The van der Waals surface area contributed by atoms with E-state index in [1.807, 2.05) is 24.3 Å². The van der Waals surface area contributed by atoms with Crippen molar-refractivity contribution in [2.45, 2.75) is 19.5 Å². The number of rotatable bonds is 4. The molecule has 3 N–H and O–H groups in total. The van der Waals surface area contributed by atoms with Crippen molar-refractivity contribution in [2.75, 3.05) is 11.4 Å². The second kappa shape index (κ2) is 6.26. The summed E-state index contributed by atoms with van der Waals surface area (Å²) in [5.41, 5.74) is 9.01. The van der Waals surface area contributed by atoms with Gasteiger partial charge in [0.05, 0.1) is 6.54 Å². The van der Waals surface area contributed by atoms with Crippen LogP contribution in [-0.4, -0.2) is 22.8 Å². The van der Waals surface area contributed by atoms with Crippen LogP contribution in [0.3, 0.4) is 0 Å². The Morgan fingerprint density at radius 3 is 2.83 bits per heavy atom. The Hall–Kier alpha value is -2.60. The van der Waals surface area contributed by atoms with Gasteiger partial charge in [-0.2, -0.15) is 0 Å². The highest BCUT2D eigenvalue weighted by atomic mass is 19.1. The maximum absolute atomic E-state index is 13.3. The molecule has 0 saturated carbocycles. The van der Waals surface area contributed by atoms with Crippen molar-refractivity contribution in [3.05, 3.63) is 65.0 Å². The first-order valence-electron chi connectivity index (χ1n) is 7.40. The summed E-state index contributed by atoms with van der Waals surface area (Å²) in [4.78, 5) is 13.1. The fraction of sp³-hybridized carbons (Fsp3) is 0.235. The number of benzene rings is 2. The molecule has 0 radical (unpaired) electrons. The summed E-state index contributed by atoms with van der Waals surface area (Å²) in [6.07, 6.45) is 0.875. The zero-order valence-corrected chi connectivity index (χ0v) is 12.6. The van der Waals surface area contributed by atoms with Gasteiger partial charge < -0.3 is 10.6 Å². The molecule has 0 atom stereocenters. The Kier molecular flexibility index (Phi) is 4.16. The number of primary amides is 1. The average molecular weight is 315 g/mol. The number of hydrogen-bond acceptors (Lipinski definition) is 3. The number of hydrogen-bond donors (Lipinski definition) is 2. The van der Waals surface area contributed by atoms with Crippen LogP contribution < -0.4 is 10.6 Å². The van der Waals surface area contributed by atoms with Gasteiger partial charge in [-0.15, -0.1) is 0 Å². The first-order valence-corrected chi connectivity index (χ1v) is 7.40. The minimum Gasteiger partial charge on any atom is -0.367 e. The smallest absolute Gasteiger partial charge is 0.338 e. The summed E-state index contributed by atoms with van der Waals surface area (Å²) in [5.74, 6) is -0.230. The zero-order chi connectivity index (χ0) is 16.4. The molecular weight excluding hydrogens is 297 g/mol. The van der Waals surface area contributed by atoms with Gasteiger partial charge in [-0.25, -0.2) is 14.2 Å². The van der Waals surface area contributed by atoms with Crippen LogP contribution in [-0.2, 0) is 19.5 Å². The number of nitrogens with two attached hydrogens (primary N) is 1. The number of amides is 2. The first kappa shape index (κ1) is 15.3. The highest BCUT2D eigenvalue weighted by Gasteiger charge is 2.20. The number of carbonyl (C=O) groups is 1. The number of nitrogens with zero attached hydrogens (tertiary/aromatic N) is 2. The molecule has 0 saturated heterocycles. The Labute approximate surface area is 133 Å². The van der Waals surface area contributed by atoms with E-state index >= 15 is 0 Å². The SMILES string of the molecule is NC(=O)N(O)Cc1ccc2c(c1)CCN2Cc1cccc(F)c1. The van der Waals surface area contributed by atoms with E-state index in [1.54, 1.807) is 12.1 Å². The van der Waals surface area contributed by atoms with Crippen LogP contribution >= 0.6 is 0 Å². The molecule has 1 aliphatic rings. The Morgan fingerprint density at radius 1 is 1.26 bits per heavy atom. The molecule has 2 amide bonds. The maximum Gasteiger partial charge on any atom is 0.338 e. The minimum atomic E-state index is -0.877. The van der Waals surface area contributed by atoms with Crippen molar-refractivity contribution in [1.82, 2.24) is 5.06 Å². The standard InChI is InChI=1S/C17H18FN3O2/c18-15-3-1-2-12(9-15)10-20-7-6-14-8-13(4-5-16(14)20)11-21(23)17(19)22/h1-5,8-9,23H,6-7,10-11H2,(H2,19,22). The summed E-state index contributed by atoms with van der Waals surface area (Å²) in [6.45, 7) is 1.57. The van der Waals surface area contributed by atoms with Crippen molar-refractivity contribution in [3.8, 4) is 0 Å². The van der Waals surface area contributed by atoms with E-state index in [1.165, 1.54) is 6.07 Å². The molecule has 0 aliphatic carbocycles. The van der Waals surface area contributed by atoms with E-state index < -0.39 is 6.03 Å². The van der Waals surface area contributed by atoms with Gasteiger partial charge in [-0.05, 0) is 41.3 Å². The Morgan fingerprint density at radius 2 is 2.09 bits per heavy atom. The number of hydroxylamine groups is 2. The van der Waals surface area contributed by atoms with E-state index in [2.05, 4.69) is 4.90 Å². The van der Waals surface area contributed by atoms with E-state index in [4.69, 9.17) is 5.73 Å². The quantitative estimate of drug-likeness (QED) is 0.673. The Balaban J connectivity index is 1.74. The van der Waals surface area contributed by atoms with Crippen molar-refractivity contribution < 1.29 is 14.4 Å². The van der Waals surface area contributed by atoms with Crippen LogP contribution in [0.4, 0.5) is 14.9 Å².